The van der Waals surface area contributed by atoms with Gasteiger partial charge in [-0.25, -0.2) is 4.79 Å². The molecule has 0 aliphatic heterocycles. The molecule has 1 amide bonds. The van der Waals surface area contributed by atoms with Gasteiger partial charge >= 0.3 is 5.97 Å². The number of aromatic nitrogens is 1. The second kappa shape index (κ2) is 6.77. The predicted molar refractivity (Wildman–Crippen MR) is 81.7 cm³/mol. The fourth-order valence-corrected chi connectivity index (χ4v) is 2.92. The summed E-state index contributed by atoms with van der Waals surface area (Å²) in [5.41, 5.74) is 0.824. The maximum atomic E-state index is 11.8. The van der Waals surface area contributed by atoms with E-state index in [0.717, 1.165) is 16.2 Å². The molecule has 2 rings (SSSR count). The highest BCUT2D eigenvalue weighted by Gasteiger charge is 2.13. The number of carboxylic acid groups (broad SMARTS) is 1. The first kappa shape index (κ1) is 15.6. The normalized spacial score (nSPS) is 10.4. The molecule has 0 saturated heterocycles. The number of aromatic carboxylic acids is 1. The number of hydrogen-bond donors (Lipinski definition) is 2. The monoisotopic (exact) mass is 370 g/mol. The van der Waals surface area contributed by atoms with Gasteiger partial charge < -0.3 is 9.63 Å². The number of hydrogen-bond acceptors (Lipinski definition) is 5. The molecule has 0 bridgehead atoms. The van der Waals surface area contributed by atoms with Crippen LogP contribution in [0.15, 0.2) is 38.2 Å². The van der Waals surface area contributed by atoms with Gasteiger partial charge in [-0.1, -0.05) is 21.1 Å². The number of carboxylic acids is 1. The van der Waals surface area contributed by atoms with Gasteiger partial charge in [0.25, 0.3) is 0 Å². The number of aryl methyl sites for hydroxylation is 1. The Labute approximate surface area is 133 Å². The summed E-state index contributed by atoms with van der Waals surface area (Å²) in [7, 11) is 0. The van der Waals surface area contributed by atoms with Crippen LogP contribution in [0.1, 0.15) is 16.1 Å². The molecule has 1 aromatic heterocycles. The van der Waals surface area contributed by atoms with E-state index < -0.39 is 5.97 Å². The molecule has 2 aromatic rings. The SMILES string of the molecule is Cc1cc(NC(=O)CSc2cc(Br)ccc2C(=O)O)on1. The van der Waals surface area contributed by atoms with Crippen molar-refractivity contribution in [1.82, 2.24) is 5.16 Å². The first-order valence-corrected chi connectivity index (χ1v) is 7.62. The Bertz CT molecular complexity index is 687. The number of anilines is 1. The molecule has 0 fully saturated rings. The molecule has 110 valence electrons. The van der Waals surface area contributed by atoms with Crippen LogP contribution in [0.2, 0.25) is 0 Å². The molecule has 2 N–H and O–H groups in total. The van der Waals surface area contributed by atoms with E-state index in [2.05, 4.69) is 26.4 Å². The van der Waals surface area contributed by atoms with Crippen molar-refractivity contribution < 1.29 is 19.2 Å². The van der Waals surface area contributed by atoms with E-state index in [9.17, 15) is 9.59 Å². The Morgan fingerprint density at radius 1 is 1.43 bits per heavy atom. The molecule has 0 atom stereocenters. The Balaban J connectivity index is 2.00. The molecule has 0 radical (unpaired) electrons. The van der Waals surface area contributed by atoms with Gasteiger partial charge in [-0.3, -0.25) is 10.1 Å². The third kappa shape index (κ3) is 4.33. The number of halogens is 1. The molecule has 0 aliphatic rings. The summed E-state index contributed by atoms with van der Waals surface area (Å²) >= 11 is 4.42. The van der Waals surface area contributed by atoms with E-state index >= 15 is 0 Å². The van der Waals surface area contributed by atoms with Gasteiger partial charge in [-0.2, -0.15) is 0 Å². The highest BCUT2D eigenvalue weighted by molar-refractivity contribution is 9.10. The van der Waals surface area contributed by atoms with E-state index in [4.69, 9.17) is 9.63 Å². The van der Waals surface area contributed by atoms with Crippen LogP contribution in [0.5, 0.6) is 0 Å². The van der Waals surface area contributed by atoms with Crippen LogP contribution in [-0.4, -0.2) is 27.9 Å². The van der Waals surface area contributed by atoms with Crippen molar-refractivity contribution in [3.8, 4) is 0 Å². The average molecular weight is 371 g/mol. The highest BCUT2D eigenvalue weighted by Crippen LogP contribution is 2.26. The first-order chi connectivity index (χ1) is 9.95. The molecule has 0 aliphatic carbocycles. The number of carbonyl (C=O) groups excluding carboxylic acids is 1. The summed E-state index contributed by atoms with van der Waals surface area (Å²) in [4.78, 5) is 23.4. The number of nitrogens with zero attached hydrogens (tertiary/aromatic N) is 1. The van der Waals surface area contributed by atoms with Gasteiger partial charge in [-0.15, -0.1) is 11.8 Å². The van der Waals surface area contributed by atoms with Crippen molar-refractivity contribution in [2.45, 2.75) is 11.8 Å². The quantitative estimate of drug-likeness (QED) is 0.785. The summed E-state index contributed by atoms with van der Waals surface area (Å²) in [5.74, 6) is -0.995. The number of nitrogens with one attached hydrogen (secondary N) is 1. The molecule has 8 heteroatoms. The molecular formula is C13H11BrN2O4S. The van der Waals surface area contributed by atoms with Crippen molar-refractivity contribution >= 4 is 45.5 Å². The fourth-order valence-electron chi connectivity index (χ4n) is 1.53. The molecule has 0 saturated carbocycles. The zero-order valence-electron chi connectivity index (χ0n) is 10.9. The Hall–Kier alpha value is -1.80. The fraction of sp³-hybridized carbons (Fsp3) is 0.154. The summed E-state index contributed by atoms with van der Waals surface area (Å²) in [5, 5.41) is 15.3. The number of rotatable bonds is 5. The smallest absolute Gasteiger partial charge is 0.336 e. The van der Waals surface area contributed by atoms with Gasteiger partial charge in [0, 0.05) is 15.4 Å². The van der Waals surface area contributed by atoms with Gasteiger partial charge in [0.05, 0.1) is 17.0 Å². The minimum atomic E-state index is -1.03. The van der Waals surface area contributed by atoms with Crippen LogP contribution >= 0.6 is 27.7 Å². The lowest BCUT2D eigenvalue weighted by Crippen LogP contribution is -2.13. The number of thioether (sulfide) groups is 1. The highest BCUT2D eigenvalue weighted by atomic mass is 79.9. The maximum Gasteiger partial charge on any atom is 0.336 e. The molecular weight excluding hydrogens is 360 g/mol. The van der Waals surface area contributed by atoms with E-state index in [1.165, 1.54) is 6.07 Å². The molecule has 0 spiro atoms. The van der Waals surface area contributed by atoms with Crippen molar-refractivity contribution in [1.29, 1.82) is 0 Å². The second-order valence-electron chi connectivity index (χ2n) is 4.12. The summed E-state index contributed by atoms with van der Waals surface area (Å²) in [6.45, 7) is 1.74. The second-order valence-corrected chi connectivity index (χ2v) is 6.05. The Kier molecular flexibility index (Phi) is 5.03. The van der Waals surface area contributed by atoms with Gasteiger partial charge in [0.1, 0.15) is 0 Å². The third-order valence-corrected chi connectivity index (χ3v) is 3.97. The van der Waals surface area contributed by atoms with E-state index in [1.807, 2.05) is 0 Å². The maximum absolute atomic E-state index is 11.8. The van der Waals surface area contributed by atoms with E-state index in [-0.39, 0.29) is 23.1 Å². The first-order valence-electron chi connectivity index (χ1n) is 5.84. The zero-order valence-corrected chi connectivity index (χ0v) is 13.3. The molecule has 21 heavy (non-hydrogen) atoms. The van der Waals surface area contributed by atoms with Crippen LogP contribution in [0.25, 0.3) is 0 Å². The summed E-state index contributed by atoms with van der Waals surface area (Å²) in [6, 6.07) is 6.40. The van der Waals surface area contributed by atoms with E-state index in [1.54, 1.807) is 25.1 Å². The van der Waals surface area contributed by atoms with Gasteiger partial charge in [-0.05, 0) is 25.1 Å². The van der Waals surface area contributed by atoms with Crippen LogP contribution in [0, 0.1) is 6.92 Å². The summed E-state index contributed by atoms with van der Waals surface area (Å²) < 4.78 is 5.63. The zero-order chi connectivity index (χ0) is 15.4. The molecule has 0 unspecified atom stereocenters. The van der Waals surface area contributed by atoms with Crippen molar-refractivity contribution in [3.63, 3.8) is 0 Å². The van der Waals surface area contributed by atoms with Crippen LogP contribution < -0.4 is 5.32 Å². The lowest BCUT2D eigenvalue weighted by atomic mass is 10.2. The van der Waals surface area contributed by atoms with Crippen molar-refractivity contribution in [2.24, 2.45) is 0 Å². The van der Waals surface area contributed by atoms with Crippen molar-refractivity contribution in [3.05, 3.63) is 40.0 Å². The average Bonchev–Trinajstić information content (AvgIpc) is 2.81. The standard InChI is InChI=1S/C13H11BrN2O4S/c1-7-4-12(20-16-7)15-11(17)6-21-10-5-8(14)2-3-9(10)13(18)19/h2-5H,6H2,1H3,(H,15,17)(H,18,19). The Morgan fingerprint density at radius 2 is 2.19 bits per heavy atom. The predicted octanol–water partition coefficient (Wildman–Crippen LogP) is 3.17. The summed E-state index contributed by atoms with van der Waals surface area (Å²) in [6.07, 6.45) is 0. The topological polar surface area (TPSA) is 92.4 Å². The minimum Gasteiger partial charge on any atom is -0.478 e. The lowest BCUT2D eigenvalue weighted by Gasteiger charge is -2.06. The van der Waals surface area contributed by atoms with Gasteiger partial charge in [0.15, 0.2) is 0 Å². The number of amides is 1. The molecule has 6 nitrogen and oxygen atoms in total. The third-order valence-electron chi connectivity index (χ3n) is 2.42. The van der Waals surface area contributed by atoms with Crippen molar-refractivity contribution in [2.75, 3.05) is 11.1 Å². The molecule has 1 aromatic carbocycles. The lowest BCUT2D eigenvalue weighted by molar-refractivity contribution is -0.113. The largest absolute Gasteiger partial charge is 0.478 e. The van der Waals surface area contributed by atoms with E-state index in [0.29, 0.717) is 10.6 Å². The van der Waals surface area contributed by atoms with Crippen LogP contribution in [0.3, 0.4) is 0 Å². The van der Waals surface area contributed by atoms with Crippen LogP contribution in [-0.2, 0) is 4.79 Å². The Morgan fingerprint density at radius 3 is 2.81 bits per heavy atom. The number of benzene rings is 1. The van der Waals surface area contributed by atoms with Gasteiger partial charge in [0.2, 0.25) is 11.8 Å². The number of carbonyl (C=O) groups is 2. The van der Waals surface area contributed by atoms with Crippen LogP contribution in [0.4, 0.5) is 5.88 Å². The minimum absolute atomic E-state index is 0.0660. The molecule has 1 heterocycles.